The van der Waals surface area contributed by atoms with Crippen LogP contribution in [0.3, 0.4) is 0 Å². The summed E-state index contributed by atoms with van der Waals surface area (Å²) < 4.78 is 1.24. The quantitative estimate of drug-likeness (QED) is 0.230. The zero-order chi connectivity index (χ0) is 26.1. The van der Waals surface area contributed by atoms with Crippen molar-refractivity contribution in [1.29, 1.82) is 0 Å². The summed E-state index contributed by atoms with van der Waals surface area (Å²) >= 11 is 7.96. The van der Waals surface area contributed by atoms with Crippen LogP contribution < -0.4 is 10.6 Å². The van der Waals surface area contributed by atoms with Gasteiger partial charge in [-0.2, -0.15) is 16.9 Å². The number of halogens is 1. The number of Topliss-reactive ketones (excluding diaryl/α,β-unsaturated/α-hetero) is 1. The van der Waals surface area contributed by atoms with E-state index < -0.39 is 17.7 Å². The number of anilines is 2. The minimum Gasteiger partial charge on any atom is -0.322 e. The SMILES string of the molecule is CCCCCCSCCC(=O)Nc1ncnc2c1cnn2C(C(C)=O)C(=O)Nc1cc(C)ccc1Cl. The summed E-state index contributed by atoms with van der Waals surface area (Å²) in [6, 6.07) is 3.94. The second-order valence-corrected chi connectivity index (χ2v) is 10.1. The Hall–Kier alpha value is -2.98. The fourth-order valence-electron chi connectivity index (χ4n) is 3.65. The van der Waals surface area contributed by atoms with E-state index in [0.29, 0.717) is 22.5 Å². The summed E-state index contributed by atoms with van der Waals surface area (Å²) in [4.78, 5) is 46.4. The molecule has 192 valence electrons. The van der Waals surface area contributed by atoms with Crippen LogP contribution in [0.25, 0.3) is 11.0 Å². The largest absolute Gasteiger partial charge is 0.322 e. The van der Waals surface area contributed by atoms with Crippen LogP contribution in [0.2, 0.25) is 5.02 Å². The molecule has 0 bridgehead atoms. The molecule has 36 heavy (non-hydrogen) atoms. The van der Waals surface area contributed by atoms with E-state index in [4.69, 9.17) is 11.6 Å². The Kier molecular flexibility index (Phi) is 10.2. The Bertz CT molecular complexity index is 1230. The first-order chi connectivity index (χ1) is 17.3. The number of nitrogens with zero attached hydrogens (tertiary/aromatic N) is 4. The molecule has 1 aromatic carbocycles. The molecule has 2 heterocycles. The van der Waals surface area contributed by atoms with Gasteiger partial charge in [-0.15, -0.1) is 0 Å². The minimum absolute atomic E-state index is 0.168. The number of aromatic nitrogens is 4. The molecule has 2 aromatic heterocycles. The lowest BCUT2D eigenvalue weighted by atomic mass is 10.1. The molecule has 9 nitrogen and oxygen atoms in total. The van der Waals surface area contributed by atoms with Crippen LogP contribution in [0.15, 0.2) is 30.7 Å². The molecule has 0 radical (unpaired) electrons. The van der Waals surface area contributed by atoms with Crippen molar-refractivity contribution in [3.8, 4) is 0 Å². The lowest BCUT2D eigenvalue weighted by Gasteiger charge is -2.16. The molecule has 1 unspecified atom stereocenters. The smallest absolute Gasteiger partial charge is 0.257 e. The van der Waals surface area contributed by atoms with Crippen LogP contribution in [0.5, 0.6) is 0 Å². The van der Waals surface area contributed by atoms with Gasteiger partial charge in [0.05, 0.1) is 22.3 Å². The van der Waals surface area contributed by atoms with Crippen LogP contribution in [0, 0.1) is 6.92 Å². The van der Waals surface area contributed by atoms with Crippen LogP contribution >= 0.6 is 23.4 Å². The lowest BCUT2D eigenvalue weighted by molar-refractivity contribution is -0.129. The second-order valence-electron chi connectivity index (χ2n) is 8.51. The highest BCUT2D eigenvalue weighted by Gasteiger charge is 2.29. The van der Waals surface area contributed by atoms with Gasteiger partial charge in [-0.1, -0.05) is 43.9 Å². The van der Waals surface area contributed by atoms with Crippen LogP contribution in [-0.2, 0) is 14.4 Å². The highest BCUT2D eigenvalue weighted by Crippen LogP contribution is 2.26. The monoisotopic (exact) mass is 530 g/mol. The molecule has 3 rings (SSSR count). The van der Waals surface area contributed by atoms with Gasteiger partial charge in [0.1, 0.15) is 12.1 Å². The number of benzene rings is 1. The van der Waals surface area contributed by atoms with Crippen molar-refractivity contribution in [2.24, 2.45) is 0 Å². The molecule has 0 spiro atoms. The summed E-state index contributed by atoms with van der Waals surface area (Å²) in [5.41, 5.74) is 1.56. The van der Waals surface area contributed by atoms with Crippen LogP contribution in [0.1, 0.15) is 57.6 Å². The molecule has 3 aromatic rings. The zero-order valence-electron chi connectivity index (χ0n) is 20.7. The maximum Gasteiger partial charge on any atom is 0.257 e. The number of ketones is 1. The average Bonchev–Trinajstić information content (AvgIpc) is 3.25. The topological polar surface area (TPSA) is 119 Å². The lowest BCUT2D eigenvalue weighted by Crippen LogP contribution is -2.32. The maximum atomic E-state index is 13.1. The molecule has 0 aliphatic rings. The van der Waals surface area contributed by atoms with Crippen LogP contribution in [-0.4, -0.2) is 48.9 Å². The number of hydrogen-bond donors (Lipinski definition) is 2. The van der Waals surface area contributed by atoms with E-state index >= 15 is 0 Å². The van der Waals surface area contributed by atoms with Crippen molar-refractivity contribution in [3.05, 3.63) is 41.3 Å². The third-order valence-corrected chi connectivity index (χ3v) is 6.92. The Morgan fingerprint density at radius 3 is 2.67 bits per heavy atom. The summed E-state index contributed by atoms with van der Waals surface area (Å²) in [6.07, 6.45) is 7.89. The molecule has 0 aliphatic carbocycles. The molecular weight excluding hydrogens is 500 g/mol. The molecule has 0 fully saturated rings. The van der Waals surface area contributed by atoms with E-state index in [-0.39, 0.29) is 17.4 Å². The van der Waals surface area contributed by atoms with Crippen molar-refractivity contribution in [2.75, 3.05) is 22.1 Å². The standard InChI is InChI=1S/C25H31ClN6O3S/c1-4-5-6-7-11-36-12-10-21(34)31-23-18-14-29-32(24(18)28-15-27-23)22(17(3)33)25(35)30-20-13-16(2)8-9-19(20)26/h8-9,13-15,22H,4-7,10-12H2,1-3H3,(H,30,35)(H,27,28,31,34). The van der Waals surface area contributed by atoms with Gasteiger partial charge in [-0.25, -0.2) is 14.6 Å². The summed E-state index contributed by atoms with van der Waals surface area (Å²) in [7, 11) is 0. The Morgan fingerprint density at radius 1 is 1.11 bits per heavy atom. The molecular formula is C25H31ClN6O3S. The third-order valence-electron chi connectivity index (χ3n) is 5.52. The first kappa shape index (κ1) is 27.6. The van der Waals surface area contributed by atoms with Gasteiger partial charge >= 0.3 is 0 Å². The summed E-state index contributed by atoms with van der Waals surface area (Å²) in [6.45, 7) is 5.36. The van der Waals surface area contributed by atoms with Gasteiger partial charge < -0.3 is 10.6 Å². The van der Waals surface area contributed by atoms with Crippen molar-refractivity contribution in [3.63, 3.8) is 0 Å². The van der Waals surface area contributed by atoms with E-state index in [0.717, 1.165) is 23.5 Å². The van der Waals surface area contributed by atoms with Crippen molar-refractivity contribution >= 4 is 63.5 Å². The first-order valence-corrected chi connectivity index (χ1v) is 13.5. The fraction of sp³-hybridized carbons (Fsp3) is 0.440. The Morgan fingerprint density at radius 2 is 1.92 bits per heavy atom. The van der Waals surface area contributed by atoms with Crippen molar-refractivity contribution in [2.45, 2.75) is 58.9 Å². The minimum atomic E-state index is -1.28. The Labute approximate surface area is 219 Å². The number of amides is 2. The van der Waals surface area contributed by atoms with Crippen LogP contribution in [0.4, 0.5) is 11.5 Å². The first-order valence-electron chi connectivity index (χ1n) is 11.9. The van der Waals surface area contributed by atoms with E-state index in [1.165, 1.54) is 43.4 Å². The normalized spacial score (nSPS) is 11.9. The number of rotatable bonds is 13. The van der Waals surface area contributed by atoms with Gasteiger partial charge in [0.2, 0.25) is 5.91 Å². The average molecular weight is 531 g/mol. The molecule has 0 aliphatic heterocycles. The molecule has 2 amide bonds. The van der Waals surface area contributed by atoms with Gasteiger partial charge in [0.15, 0.2) is 17.5 Å². The van der Waals surface area contributed by atoms with E-state index in [2.05, 4.69) is 32.6 Å². The predicted octanol–water partition coefficient (Wildman–Crippen LogP) is 5.20. The second kappa shape index (κ2) is 13.4. The van der Waals surface area contributed by atoms with E-state index in [1.807, 2.05) is 13.0 Å². The predicted molar refractivity (Wildman–Crippen MR) is 145 cm³/mol. The highest BCUT2D eigenvalue weighted by atomic mass is 35.5. The molecule has 2 N–H and O–H groups in total. The number of nitrogens with one attached hydrogen (secondary N) is 2. The van der Waals surface area contributed by atoms with Gasteiger partial charge in [0.25, 0.3) is 5.91 Å². The summed E-state index contributed by atoms with van der Waals surface area (Å²) in [5.74, 6) is 0.855. The fourth-order valence-corrected chi connectivity index (χ4v) is 4.75. The number of aryl methyl sites for hydroxylation is 1. The number of unbranched alkanes of at least 4 members (excludes halogenated alkanes) is 3. The number of hydrogen-bond acceptors (Lipinski definition) is 7. The maximum absolute atomic E-state index is 13.1. The van der Waals surface area contributed by atoms with E-state index in [9.17, 15) is 14.4 Å². The van der Waals surface area contributed by atoms with Crippen molar-refractivity contribution in [1.82, 2.24) is 19.7 Å². The zero-order valence-corrected chi connectivity index (χ0v) is 22.3. The van der Waals surface area contributed by atoms with Gasteiger partial charge in [-0.3, -0.25) is 14.4 Å². The highest BCUT2D eigenvalue weighted by molar-refractivity contribution is 7.99. The number of thioether (sulfide) groups is 1. The molecule has 11 heteroatoms. The van der Waals surface area contributed by atoms with Gasteiger partial charge in [-0.05, 0) is 43.7 Å². The Balaban J connectivity index is 1.71. The third kappa shape index (κ3) is 7.27. The molecule has 0 saturated heterocycles. The number of carbonyl (C=O) groups is 3. The number of carbonyl (C=O) groups excluding carboxylic acids is 3. The number of fused-ring (bicyclic) bond motifs is 1. The summed E-state index contributed by atoms with van der Waals surface area (Å²) in [5, 5.41) is 10.5. The molecule has 1 atom stereocenters. The molecule has 0 saturated carbocycles. The van der Waals surface area contributed by atoms with Gasteiger partial charge in [0, 0.05) is 12.2 Å². The van der Waals surface area contributed by atoms with Crippen molar-refractivity contribution < 1.29 is 14.4 Å². The van der Waals surface area contributed by atoms with E-state index in [1.54, 1.807) is 23.9 Å².